The molecule has 3 nitrogen and oxygen atoms in total. The van der Waals surface area contributed by atoms with Crippen LogP contribution < -0.4 is 0 Å². The van der Waals surface area contributed by atoms with E-state index in [0.717, 1.165) is 40.7 Å². The van der Waals surface area contributed by atoms with Gasteiger partial charge in [-0.25, -0.2) is 4.98 Å². The number of aromatic nitrogens is 3. The molecular formula is C27H34Cl2N3S. The number of nitrogens with zero attached hydrogens (tertiary/aromatic N) is 2. The number of H-pyrrole nitrogens is 1. The third-order valence-electron chi connectivity index (χ3n) is 5.74. The average Bonchev–Trinajstić information content (AvgIpc) is 3.19. The summed E-state index contributed by atoms with van der Waals surface area (Å²) < 4.78 is 0. The monoisotopic (exact) mass is 502 g/mol. The lowest BCUT2D eigenvalue weighted by Gasteiger charge is -2.15. The molecule has 6 heteroatoms. The Balaban J connectivity index is 1.81. The second kappa shape index (κ2) is 13.4. The van der Waals surface area contributed by atoms with Gasteiger partial charge in [-0.1, -0.05) is 94.3 Å². The van der Waals surface area contributed by atoms with E-state index in [-0.39, 0.29) is 0 Å². The molecule has 33 heavy (non-hydrogen) atoms. The van der Waals surface area contributed by atoms with Gasteiger partial charge < -0.3 is 4.98 Å². The van der Waals surface area contributed by atoms with Crippen molar-refractivity contribution in [2.24, 2.45) is 0 Å². The highest BCUT2D eigenvalue weighted by molar-refractivity contribution is 7.99. The highest BCUT2D eigenvalue weighted by Gasteiger charge is 2.21. The largest absolute Gasteiger partial charge is 0.336 e. The standard InChI is InChI=1S/C27H34Cl2N3S/c1-4-5-6-7-8-9-10-21(15-20-11-13-30-14-12-20)26-31-25(19(2)3)27(32-26)33-24-17-22(28)16-23(29)18-24/h11-14,16-19,21H,1,4-10,15H2,2-3H3,(H,31,32). The summed E-state index contributed by atoms with van der Waals surface area (Å²) in [4.78, 5) is 14.0. The van der Waals surface area contributed by atoms with E-state index in [2.05, 4.69) is 42.9 Å². The van der Waals surface area contributed by atoms with Crippen LogP contribution in [0.3, 0.4) is 0 Å². The van der Waals surface area contributed by atoms with E-state index in [1.165, 1.54) is 37.7 Å². The Bertz CT molecular complexity index is 968. The number of hydrogen-bond acceptors (Lipinski definition) is 3. The second-order valence-electron chi connectivity index (χ2n) is 8.86. The van der Waals surface area contributed by atoms with Crippen molar-refractivity contribution in [2.45, 2.75) is 87.0 Å². The Hall–Kier alpha value is -1.49. The zero-order valence-electron chi connectivity index (χ0n) is 19.6. The van der Waals surface area contributed by atoms with Crippen LogP contribution in [0.15, 0.2) is 52.6 Å². The first-order valence-corrected chi connectivity index (χ1v) is 13.5. The van der Waals surface area contributed by atoms with Crippen LogP contribution in [-0.4, -0.2) is 15.0 Å². The van der Waals surface area contributed by atoms with Crippen molar-refractivity contribution in [1.82, 2.24) is 15.0 Å². The number of rotatable bonds is 13. The Kier molecular flexibility index (Phi) is 10.6. The van der Waals surface area contributed by atoms with Crippen molar-refractivity contribution in [3.63, 3.8) is 0 Å². The third-order valence-corrected chi connectivity index (χ3v) is 7.16. The van der Waals surface area contributed by atoms with Gasteiger partial charge in [-0.3, -0.25) is 4.98 Å². The predicted octanol–water partition coefficient (Wildman–Crippen LogP) is 9.28. The first-order valence-electron chi connectivity index (χ1n) is 11.9. The molecule has 0 saturated heterocycles. The summed E-state index contributed by atoms with van der Waals surface area (Å²) >= 11 is 14.1. The van der Waals surface area contributed by atoms with Crippen LogP contribution in [0.2, 0.25) is 10.0 Å². The van der Waals surface area contributed by atoms with Crippen molar-refractivity contribution in [3.05, 3.63) is 76.8 Å². The molecule has 0 bridgehead atoms. The molecule has 1 N–H and O–H groups in total. The molecule has 1 atom stereocenters. The quantitative estimate of drug-likeness (QED) is 0.236. The lowest BCUT2D eigenvalue weighted by Crippen LogP contribution is -2.06. The minimum Gasteiger partial charge on any atom is -0.336 e. The normalized spacial score (nSPS) is 12.4. The number of unbranched alkanes of at least 4 members (excludes halogenated alkanes) is 5. The van der Waals surface area contributed by atoms with Gasteiger partial charge in [0.2, 0.25) is 0 Å². The number of aromatic amines is 1. The number of nitrogens with one attached hydrogen (secondary N) is 1. The third kappa shape index (κ3) is 8.35. The predicted molar refractivity (Wildman–Crippen MR) is 142 cm³/mol. The van der Waals surface area contributed by atoms with Gasteiger partial charge in [0.05, 0.1) is 5.69 Å². The maximum absolute atomic E-state index is 6.24. The highest BCUT2D eigenvalue weighted by atomic mass is 35.5. The minimum absolute atomic E-state index is 0.316. The van der Waals surface area contributed by atoms with E-state index in [0.29, 0.717) is 21.9 Å². The summed E-state index contributed by atoms with van der Waals surface area (Å²) in [5.41, 5.74) is 2.40. The van der Waals surface area contributed by atoms with Gasteiger partial charge in [-0.05, 0) is 54.7 Å². The zero-order chi connectivity index (χ0) is 23.6. The van der Waals surface area contributed by atoms with Crippen LogP contribution in [0.4, 0.5) is 0 Å². The number of pyridine rings is 1. The van der Waals surface area contributed by atoms with Gasteiger partial charge in [0.1, 0.15) is 10.9 Å². The topological polar surface area (TPSA) is 41.6 Å². The van der Waals surface area contributed by atoms with Crippen LogP contribution in [0.5, 0.6) is 0 Å². The van der Waals surface area contributed by atoms with Gasteiger partial charge in [-0.15, -0.1) is 0 Å². The van der Waals surface area contributed by atoms with Crippen molar-refractivity contribution in [3.8, 4) is 0 Å². The Morgan fingerprint density at radius 2 is 1.64 bits per heavy atom. The van der Waals surface area contributed by atoms with E-state index < -0.39 is 0 Å². The average molecular weight is 504 g/mol. The zero-order valence-corrected chi connectivity index (χ0v) is 21.9. The molecule has 0 aliphatic rings. The van der Waals surface area contributed by atoms with Crippen molar-refractivity contribution < 1.29 is 0 Å². The molecule has 3 aromatic rings. The van der Waals surface area contributed by atoms with Gasteiger partial charge >= 0.3 is 0 Å². The minimum atomic E-state index is 0.316. The SMILES string of the molecule is [CH2]CCCCCCCC(Cc1ccncc1)c1nc(C(C)C)c(Sc2cc(Cl)cc(Cl)c2)[nH]1. The summed E-state index contributed by atoms with van der Waals surface area (Å²) in [5.74, 6) is 1.73. The van der Waals surface area contributed by atoms with E-state index in [4.69, 9.17) is 28.2 Å². The van der Waals surface area contributed by atoms with Crippen LogP contribution in [0.25, 0.3) is 0 Å². The second-order valence-corrected chi connectivity index (χ2v) is 10.8. The summed E-state index contributed by atoms with van der Waals surface area (Å²) in [7, 11) is 0. The maximum atomic E-state index is 6.24. The molecule has 0 saturated carbocycles. The Morgan fingerprint density at radius 3 is 2.30 bits per heavy atom. The lowest BCUT2D eigenvalue weighted by atomic mass is 9.93. The molecule has 0 aliphatic carbocycles. The number of benzene rings is 1. The molecule has 1 unspecified atom stereocenters. The van der Waals surface area contributed by atoms with Crippen LogP contribution in [0, 0.1) is 6.92 Å². The maximum Gasteiger partial charge on any atom is 0.110 e. The van der Waals surface area contributed by atoms with E-state index >= 15 is 0 Å². The summed E-state index contributed by atoms with van der Waals surface area (Å²) in [6.07, 6.45) is 13.1. The van der Waals surface area contributed by atoms with Gasteiger partial charge in [0, 0.05) is 33.3 Å². The van der Waals surface area contributed by atoms with Crippen LogP contribution in [0.1, 0.15) is 87.7 Å². The molecule has 1 aromatic carbocycles. The van der Waals surface area contributed by atoms with Gasteiger partial charge in [0.25, 0.3) is 0 Å². The Morgan fingerprint density at radius 1 is 0.970 bits per heavy atom. The van der Waals surface area contributed by atoms with E-state index in [1.54, 1.807) is 17.8 Å². The van der Waals surface area contributed by atoms with Crippen LogP contribution >= 0.6 is 35.0 Å². The molecule has 2 heterocycles. The molecule has 0 aliphatic heterocycles. The molecule has 0 spiro atoms. The fourth-order valence-electron chi connectivity index (χ4n) is 3.99. The lowest BCUT2D eigenvalue weighted by molar-refractivity contribution is 0.523. The van der Waals surface area contributed by atoms with Crippen molar-refractivity contribution in [1.29, 1.82) is 0 Å². The number of imidazole rings is 1. The molecule has 0 fully saturated rings. The molecule has 3 rings (SSSR count). The number of halogens is 2. The van der Waals surface area contributed by atoms with E-state index in [1.807, 2.05) is 24.5 Å². The first kappa shape index (κ1) is 26.1. The molecule has 177 valence electrons. The fourth-order valence-corrected chi connectivity index (χ4v) is 5.80. The smallest absolute Gasteiger partial charge is 0.110 e. The molecule has 0 amide bonds. The van der Waals surface area contributed by atoms with Crippen LogP contribution in [-0.2, 0) is 6.42 Å². The van der Waals surface area contributed by atoms with Crippen molar-refractivity contribution in [2.75, 3.05) is 0 Å². The van der Waals surface area contributed by atoms with Gasteiger partial charge in [0.15, 0.2) is 0 Å². The summed E-state index contributed by atoms with van der Waals surface area (Å²) in [6.45, 7) is 8.33. The van der Waals surface area contributed by atoms with Gasteiger partial charge in [-0.2, -0.15) is 0 Å². The Labute approximate surface area is 213 Å². The van der Waals surface area contributed by atoms with Crippen molar-refractivity contribution >= 4 is 35.0 Å². The highest BCUT2D eigenvalue weighted by Crippen LogP contribution is 2.37. The summed E-state index contributed by atoms with van der Waals surface area (Å²) in [6, 6.07) is 9.87. The molecule has 2 aromatic heterocycles. The summed E-state index contributed by atoms with van der Waals surface area (Å²) in [5, 5.41) is 2.36. The first-order chi connectivity index (χ1) is 16.0. The molecular weight excluding hydrogens is 469 g/mol. The fraction of sp³-hybridized carbons (Fsp3) is 0.444. The van der Waals surface area contributed by atoms with E-state index in [9.17, 15) is 0 Å². The molecule has 1 radical (unpaired) electrons. The number of hydrogen-bond donors (Lipinski definition) is 1.